The molecule has 0 atom stereocenters. The zero-order valence-electron chi connectivity index (χ0n) is 16.6. The first-order chi connectivity index (χ1) is 13.6. The number of halogens is 1. The molecular formula is C18H24ClN3O6S. The van der Waals surface area contributed by atoms with Crippen molar-refractivity contribution >= 4 is 38.7 Å². The molecule has 160 valence electrons. The van der Waals surface area contributed by atoms with Gasteiger partial charge >= 0.3 is 0 Å². The molecule has 0 radical (unpaired) electrons. The molecule has 11 heteroatoms. The van der Waals surface area contributed by atoms with Gasteiger partial charge in [0.2, 0.25) is 0 Å². The van der Waals surface area contributed by atoms with Gasteiger partial charge in [-0.25, -0.2) is 8.42 Å². The summed E-state index contributed by atoms with van der Waals surface area (Å²) in [4.78, 5) is 28.2. The van der Waals surface area contributed by atoms with Crippen molar-refractivity contribution in [1.82, 2.24) is 4.47 Å². The number of rotatable bonds is 10. The lowest BCUT2D eigenvalue weighted by Crippen LogP contribution is -2.38. The van der Waals surface area contributed by atoms with Crippen LogP contribution in [0.4, 0.5) is 17.1 Å². The van der Waals surface area contributed by atoms with E-state index in [-0.39, 0.29) is 34.7 Å². The van der Waals surface area contributed by atoms with Crippen LogP contribution in [0.15, 0.2) is 26.6 Å². The van der Waals surface area contributed by atoms with E-state index in [1.54, 1.807) is 6.92 Å². The van der Waals surface area contributed by atoms with E-state index < -0.39 is 31.5 Å². The van der Waals surface area contributed by atoms with Crippen LogP contribution in [-0.2, 0) is 14.9 Å². The molecule has 29 heavy (non-hydrogen) atoms. The monoisotopic (exact) mass is 445 g/mol. The summed E-state index contributed by atoms with van der Waals surface area (Å²) in [7, 11) is -3.09. The molecule has 0 heterocycles. The molecule has 0 aliphatic rings. The molecule has 0 bridgehead atoms. The highest BCUT2D eigenvalue weighted by atomic mass is 35.5. The van der Waals surface area contributed by atoms with Crippen molar-refractivity contribution in [2.45, 2.75) is 44.6 Å². The summed E-state index contributed by atoms with van der Waals surface area (Å²) in [6.45, 7) is 5.41. The third-order valence-corrected chi connectivity index (χ3v) is 6.88. The predicted octanol–water partition coefficient (Wildman–Crippen LogP) is 2.56. The topological polar surface area (TPSA) is 125 Å². The summed E-state index contributed by atoms with van der Waals surface area (Å²) in [6.07, 6.45) is 1.49. The van der Waals surface area contributed by atoms with Crippen molar-refractivity contribution in [1.29, 1.82) is 0 Å². The molecule has 0 saturated heterocycles. The van der Waals surface area contributed by atoms with E-state index in [1.807, 2.05) is 13.8 Å². The van der Waals surface area contributed by atoms with Gasteiger partial charge in [0.05, 0.1) is 17.8 Å². The quantitative estimate of drug-likeness (QED) is 0.289. The predicted molar refractivity (Wildman–Crippen MR) is 112 cm³/mol. The number of hydroxylamine groups is 1. The molecule has 2 aromatic rings. The molecular weight excluding hydrogens is 422 g/mol. The second-order valence-corrected chi connectivity index (χ2v) is 8.44. The van der Waals surface area contributed by atoms with Crippen molar-refractivity contribution in [3.63, 3.8) is 0 Å². The van der Waals surface area contributed by atoms with Crippen LogP contribution >= 0.6 is 11.6 Å². The molecule has 2 aromatic carbocycles. The number of hydrogen-bond acceptors (Lipinski definition) is 8. The van der Waals surface area contributed by atoms with Gasteiger partial charge in [-0.1, -0.05) is 29.9 Å². The fourth-order valence-electron chi connectivity index (χ4n) is 2.87. The standard InChI is InChI=1S/C18H24ClN3O6S/c1-5-10(6-2)20-13-14(17(25)16(13)24)21-12-9-8-11(19)18(15(12)23)29(26,27)22(7-3)28-4/h8-10,20-21,23H,5-7H2,1-4H3. The summed E-state index contributed by atoms with van der Waals surface area (Å²) in [5, 5.41) is 16.0. The van der Waals surface area contributed by atoms with E-state index in [4.69, 9.17) is 16.4 Å². The maximum Gasteiger partial charge on any atom is 0.270 e. The third kappa shape index (κ3) is 4.25. The van der Waals surface area contributed by atoms with E-state index >= 15 is 0 Å². The Balaban J connectivity index is 2.49. The highest BCUT2D eigenvalue weighted by Crippen LogP contribution is 2.40. The Hall–Kier alpha value is -2.14. The van der Waals surface area contributed by atoms with Gasteiger partial charge in [0.15, 0.2) is 5.75 Å². The smallest absolute Gasteiger partial charge is 0.270 e. The normalized spacial score (nSPS) is 12.1. The number of phenols is 1. The SMILES string of the molecule is CCC(CC)Nc1c(Nc2ccc(Cl)c(S(=O)(=O)N(CC)OC)c2O)c(=O)c1=O. The van der Waals surface area contributed by atoms with Gasteiger partial charge in [0.25, 0.3) is 20.9 Å². The van der Waals surface area contributed by atoms with E-state index in [9.17, 15) is 23.1 Å². The molecule has 0 aliphatic carbocycles. The summed E-state index contributed by atoms with van der Waals surface area (Å²) in [6, 6.07) is 2.57. The number of nitrogens with zero attached hydrogens (tertiary/aromatic N) is 1. The fraction of sp³-hybridized carbons (Fsp3) is 0.444. The van der Waals surface area contributed by atoms with Crippen LogP contribution in [0.2, 0.25) is 5.02 Å². The van der Waals surface area contributed by atoms with E-state index in [2.05, 4.69) is 10.6 Å². The molecule has 0 saturated carbocycles. The molecule has 0 spiro atoms. The lowest BCUT2D eigenvalue weighted by Gasteiger charge is -2.22. The average Bonchev–Trinajstić information content (AvgIpc) is 2.69. The van der Waals surface area contributed by atoms with Gasteiger partial charge in [-0.15, -0.1) is 0 Å². The van der Waals surface area contributed by atoms with Crippen LogP contribution in [-0.4, -0.2) is 37.7 Å². The highest BCUT2D eigenvalue weighted by molar-refractivity contribution is 7.89. The highest BCUT2D eigenvalue weighted by Gasteiger charge is 2.32. The summed E-state index contributed by atoms with van der Waals surface area (Å²) < 4.78 is 26.2. The summed E-state index contributed by atoms with van der Waals surface area (Å²) in [5.74, 6) is -0.686. The van der Waals surface area contributed by atoms with Crippen LogP contribution in [0.3, 0.4) is 0 Å². The lowest BCUT2D eigenvalue weighted by atomic mass is 10.1. The van der Waals surface area contributed by atoms with Crippen LogP contribution in [0.1, 0.15) is 33.6 Å². The van der Waals surface area contributed by atoms with Crippen molar-refractivity contribution in [2.24, 2.45) is 0 Å². The number of anilines is 3. The second-order valence-electron chi connectivity index (χ2n) is 6.27. The Labute approximate surface area is 173 Å². The van der Waals surface area contributed by atoms with Crippen molar-refractivity contribution in [3.8, 4) is 5.75 Å². The Kier molecular flexibility index (Phi) is 7.28. The molecule has 0 fully saturated rings. The molecule has 3 N–H and O–H groups in total. The van der Waals surface area contributed by atoms with Crippen LogP contribution in [0.5, 0.6) is 5.75 Å². The number of aromatic hydroxyl groups is 1. The third-order valence-electron chi connectivity index (χ3n) is 4.58. The number of benzene rings is 1. The fourth-order valence-corrected chi connectivity index (χ4v) is 4.73. The maximum atomic E-state index is 12.7. The minimum absolute atomic E-state index is 0.00609. The molecule has 9 nitrogen and oxygen atoms in total. The second kappa shape index (κ2) is 9.12. The Morgan fingerprint density at radius 1 is 1.14 bits per heavy atom. The first-order valence-electron chi connectivity index (χ1n) is 9.09. The zero-order valence-corrected chi connectivity index (χ0v) is 18.1. The Bertz CT molecular complexity index is 1050. The Morgan fingerprint density at radius 3 is 2.24 bits per heavy atom. The lowest BCUT2D eigenvalue weighted by molar-refractivity contribution is -0.0443. The number of phenolic OH excluding ortho intramolecular Hbond substituents is 1. The van der Waals surface area contributed by atoms with Gasteiger partial charge in [-0.2, -0.15) is 0 Å². The summed E-state index contributed by atoms with van der Waals surface area (Å²) in [5.41, 5.74) is -1.45. The maximum absolute atomic E-state index is 12.7. The minimum Gasteiger partial charge on any atom is -0.504 e. The Morgan fingerprint density at radius 2 is 1.72 bits per heavy atom. The molecule has 0 aliphatic heterocycles. The summed E-state index contributed by atoms with van der Waals surface area (Å²) >= 11 is 6.02. The van der Waals surface area contributed by atoms with Crippen LogP contribution in [0, 0.1) is 0 Å². The van der Waals surface area contributed by atoms with Crippen molar-refractivity contribution in [2.75, 3.05) is 24.3 Å². The van der Waals surface area contributed by atoms with Crippen LogP contribution < -0.4 is 21.5 Å². The molecule has 0 aromatic heterocycles. The first-order valence-corrected chi connectivity index (χ1v) is 10.9. The average molecular weight is 446 g/mol. The van der Waals surface area contributed by atoms with E-state index in [0.29, 0.717) is 4.47 Å². The van der Waals surface area contributed by atoms with Gasteiger partial charge in [-0.05, 0) is 31.9 Å². The van der Waals surface area contributed by atoms with Crippen molar-refractivity contribution in [3.05, 3.63) is 37.6 Å². The van der Waals surface area contributed by atoms with Gasteiger partial charge in [-0.3, -0.25) is 14.4 Å². The van der Waals surface area contributed by atoms with Crippen LogP contribution in [0.25, 0.3) is 0 Å². The van der Waals surface area contributed by atoms with E-state index in [0.717, 1.165) is 12.8 Å². The number of hydrogen-bond donors (Lipinski definition) is 3. The first kappa shape index (κ1) is 23.1. The molecule has 0 amide bonds. The molecule has 0 unspecified atom stereocenters. The van der Waals surface area contributed by atoms with Gasteiger partial charge < -0.3 is 15.7 Å². The van der Waals surface area contributed by atoms with Crippen molar-refractivity contribution < 1.29 is 18.4 Å². The van der Waals surface area contributed by atoms with Gasteiger partial charge in [0.1, 0.15) is 16.3 Å². The largest absolute Gasteiger partial charge is 0.504 e. The van der Waals surface area contributed by atoms with E-state index in [1.165, 1.54) is 19.2 Å². The number of nitrogens with one attached hydrogen (secondary N) is 2. The zero-order chi connectivity index (χ0) is 21.9. The molecule has 2 rings (SSSR count). The number of sulfonamides is 1. The van der Waals surface area contributed by atoms with Gasteiger partial charge in [0, 0.05) is 12.6 Å². The minimum atomic E-state index is -4.27.